The number of aryl methyl sites for hydroxylation is 1. The molecule has 0 atom stereocenters. The van der Waals surface area contributed by atoms with E-state index in [-0.39, 0.29) is 35.3 Å². The number of nitrogens with zero attached hydrogens (tertiary/aromatic N) is 4. The van der Waals surface area contributed by atoms with Crippen LogP contribution < -0.4 is 15.5 Å². The summed E-state index contributed by atoms with van der Waals surface area (Å²) >= 11 is 0. The lowest BCUT2D eigenvalue weighted by Gasteiger charge is -2.30. The number of halogens is 2. The summed E-state index contributed by atoms with van der Waals surface area (Å²) in [5.41, 5.74) is 3.56. The predicted molar refractivity (Wildman–Crippen MR) is 176 cm³/mol. The third-order valence-corrected chi connectivity index (χ3v) is 8.71. The number of hydrogen-bond acceptors (Lipinski definition) is 6. The quantitative estimate of drug-likeness (QED) is 0.217. The molecule has 2 aliphatic rings. The van der Waals surface area contributed by atoms with Gasteiger partial charge < -0.3 is 20.5 Å². The molecule has 0 aliphatic carbocycles. The molecule has 1 aromatic heterocycles. The van der Waals surface area contributed by atoms with E-state index < -0.39 is 29.9 Å². The Morgan fingerprint density at radius 2 is 1.67 bits per heavy atom. The first kappa shape index (κ1) is 32.5. The lowest BCUT2D eigenvalue weighted by Crippen LogP contribution is -2.45. The zero-order valence-electron chi connectivity index (χ0n) is 26.8. The van der Waals surface area contributed by atoms with Gasteiger partial charge in [-0.05, 0) is 86.3 Å². The molecule has 2 aliphatic heterocycles. The number of amides is 4. The average Bonchev–Trinajstić information content (AvgIpc) is 3.82. The van der Waals surface area contributed by atoms with Gasteiger partial charge in [0, 0.05) is 61.4 Å². The second-order valence-electron chi connectivity index (χ2n) is 11.8. The molecular weight excluding hydrogens is 620 g/mol. The standard InChI is InChI=1S/C35H35F2N7O4/c1-4-44(43-15-5-6-16-43)35(48)32-20(2)39-33(41-32)26-14-13-24(27-19-38-34(47)31(26)27)25-12-9-22(17-28(25)37)40-29(45)18-30(46)42(3)23-10-7-21(36)8-11-23/h7-14,17H,4-6,15-16,18-19H2,1-3H3,(H,38,47)(H,39,41)(H,40,45). The third kappa shape index (κ3) is 6.28. The van der Waals surface area contributed by atoms with Gasteiger partial charge in [0.15, 0.2) is 5.69 Å². The van der Waals surface area contributed by atoms with Crippen LogP contribution in [0.25, 0.3) is 22.5 Å². The Hall–Kier alpha value is -5.43. The summed E-state index contributed by atoms with van der Waals surface area (Å²) in [5, 5.41) is 9.11. The highest BCUT2D eigenvalue weighted by Crippen LogP contribution is 2.37. The number of hydrogen-bond donors (Lipinski definition) is 3. The monoisotopic (exact) mass is 655 g/mol. The molecule has 4 amide bonds. The van der Waals surface area contributed by atoms with Crippen LogP contribution in [0, 0.1) is 18.6 Å². The predicted octanol–water partition coefficient (Wildman–Crippen LogP) is 5.04. The summed E-state index contributed by atoms with van der Waals surface area (Å²) in [6, 6.07) is 12.8. The van der Waals surface area contributed by atoms with Gasteiger partial charge in [-0.2, -0.15) is 0 Å². The van der Waals surface area contributed by atoms with Gasteiger partial charge in [-0.15, -0.1) is 0 Å². The summed E-state index contributed by atoms with van der Waals surface area (Å²) in [7, 11) is 1.47. The highest BCUT2D eigenvalue weighted by Gasteiger charge is 2.31. The minimum atomic E-state index is -0.643. The molecule has 13 heteroatoms. The SMILES string of the molecule is CCN(C(=O)c1nc(-c2ccc(-c3ccc(NC(=O)CC(=O)N(C)c4ccc(F)cc4)cc3F)c3c2C(=O)NC3)[nH]c1C)N1CCCC1. The molecular formula is C35H35F2N7O4. The van der Waals surface area contributed by atoms with E-state index in [1.54, 1.807) is 24.1 Å². The fraction of sp³-hybridized carbons (Fsp3) is 0.286. The smallest absolute Gasteiger partial charge is 0.288 e. The molecule has 1 saturated heterocycles. The lowest BCUT2D eigenvalue weighted by atomic mass is 9.92. The van der Waals surface area contributed by atoms with Crippen LogP contribution in [0.4, 0.5) is 20.2 Å². The van der Waals surface area contributed by atoms with Crippen molar-refractivity contribution >= 4 is 35.0 Å². The fourth-order valence-electron chi connectivity index (χ4n) is 6.21. The molecule has 6 rings (SSSR count). The molecule has 248 valence electrons. The second kappa shape index (κ2) is 13.4. The normalized spacial score (nSPS) is 14.1. The van der Waals surface area contributed by atoms with Gasteiger partial charge in [-0.3, -0.25) is 24.2 Å². The number of rotatable bonds is 9. The molecule has 0 bridgehead atoms. The Bertz CT molecular complexity index is 1920. The van der Waals surface area contributed by atoms with Crippen LogP contribution in [0.1, 0.15) is 58.3 Å². The Morgan fingerprint density at radius 1 is 0.979 bits per heavy atom. The van der Waals surface area contributed by atoms with Crippen molar-refractivity contribution < 1.29 is 28.0 Å². The molecule has 3 heterocycles. The Balaban J connectivity index is 1.21. The summed E-state index contributed by atoms with van der Waals surface area (Å²) in [5.74, 6) is -2.44. The van der Waals surface area contributed by atoms with Crippen LogP contribution in [0.3, 0.4) is 0 Å². The van der Waals surface area contributed by atoms with Crippen molar-refractivity contribution in [2.45, 2.75) is 39.7 Å². The van der Waals surface area contributed by atoms with E-state index in [2.05, 4.69) is 20.6 Å². The number of nitrogens with one attached hydrogen (secondary N) is 3. The molecule has 0 saturated carbocycles. The van der Waals surface area contributed by atoms with E-state index >= 15 is 4.39 Å². The number of anilines is 2. The number of benzene rings is 3. The maximum absolute atomic E-state index is 15.6. The van der Waals surface area contributed by atoms with E-state index in [1.165, 1.54) is 48.3 Å². The maximum atomic E-state index is 15.6. The van der Waals surface area contributed by atoms with Gasteiger partial charge >= 0.3 is 0 Å². The third-order valence-electron chi connectivity index (χ3n) is 8.71. The summed E-state index contributed by atoms with van der Waals surface area (Å²) in [6.07, 6.45) is 1.55. The van der Waals surface area contributed by atoms with Crippen molar-refractivity contribution in [2.75, 3.05) is 36.9 Å². The van der Waals surface area contributed by atoms with Crippen LogP contribution >= 0.6 is 0 Å². The average molecular weight is 656 g/mol. The number of hydrazine groups is 1. The van der Waals surface area contributed by atoms with E-state index in [9.17, 15) is 23.6 Å². The maximum Gasteiger partial charge on any atom is 0.288 e. The number of H-pyrrole nitrogens is 1. The molecule has 0 radical (unpaired) electrons. The number of imidazole rings is 1. The van der Waals surface area contributed by atoms with Crippen molar-refractivity contribution in [3.8, 4) is 22.5 Å². The largest absolute Gasteiger partial charge is 0.348 e. The Labute approximate surface area is 275 Å². The molecule has 0 spiro atoms. The molecule has 48 heavy (non-hydrogen) atoms. The number of aromatic amines is 1. The van der Waals surface area contributed by atoms with Crippen LogP contribution in [0.2, 0.25) is 0 Å². The summed E-state index contributed by atoms with van der Waals surface area (Å²) in [6.45, 7) is 5.99. The van der Waals surface area contributed by atoms with Crippen molar-refractivity contribution in [1.29, 1.82) is 0 Å². The van der Waals surface area contributed by atoms with Crippen LogP contribution in [0.5, 0.6) is 0 Å². The molecule has 4 aromatic rings. The zero-order valence-corrected chi connectivity index (χ0v) is 26.8. The summed E-state index contributed by atoms with van der Waals surface area (Å²) in [4.78, 5) is 60.8. The van der Waals surface area contributed by atoms with E-state index in [4.69, 9.17) is 0 Å². The topological polar surface area (TPSA) is 131 Å². The molecule has 1 fully saturated rings. The fourth-order valence-corrected chi connectivity index (χ4v) is 6.21. The molecule has 3 aromatic carbocycles. The van der Waals surface area contributed by atoms with Gasteiger partial charge in [-0.1, -0.05) is 6.07 Å². The van der Waals surface area contributed by atoms with Crippen LogP contribution in [-0.4, -0.2) is 70.3 Å². The first-order chi connectivity index (χ1) is 23.0. The second-order valence-corrected chi connectivity index (χ2v) is 11.8. The van der Waals surface area contributed by atoms with E-state index in [1.807, 2.05) is 11.9 Å². The molecule has 3 N–H and O–H groups in total. The van der Waals surface area contributed by atoms with Crippen LogP contribution in [-0.2, 0) is 16.1 Å². The van der Waals surface area contributed by atoms with E-state index in [0.717, 1.165) is 32.0 Å². The number of carbonyl (C=O) groups is 4. The Morgan fingerprint density at radius 3 is 2.35 bits per heavy atom. The van der Waals surface area contributed by atoms with Crippen LogP contribution in [0.15, 0.2) is 54.6 Å². The van der Waals surface area contributed by atoms with Gasteiger partial charge in [0.2, 0.25) is 11.8 Å². The van der Waals surface area contributed by atoms with Crippen molar-refractivity contribution in [2.24, 2.45) is 0 Å². The number of carbonyl (C=O) groups excluding carboxylic acids is 4. The minimum absolute atomic E-state index is 0.152. The van der Waals surface area contributed by atoms with Gasteiger partial charge in [-0.25, -0.2) is 18.8 Å². The Kier molecular flexibility index (Phi) is 9.05. The van der Waals surface area contributed by atoms with Gasteiger partial charge in [0.25, 0.3) is 11.8 Å². The van der Waals surface area contributed by atoms with E-state index in [0.29, 0.717) is 46.0 Å². The number of fused-ring (bicyclic) bond motifs is 1. The lowest BCUT2D eigenvalue weighted by molar-refractivity contribution is -0.125. The highest BCUT2D eigenvalue weighted by molar-refractivity contribution is 6.09. The molecule has 0 unspecified atom stereocenters. The van der Waals surface area contributed by atoms with Crippen molar-refractivity contribution in [3.05, 3.63) is 88.7 Å². The highest BCUT2D eigenvalue weighted by atomic mass is 19.1. The first-order valence-electron chi connectivity index (χ1n) is 15.7. The van der Waals surface area contributed by atoms with Crippen molar-refractivity contribution in [3.63, 3.8) is 0 Å². The molecule has 11 nitrogen and oxygen atoms in total. The van der Waals surface area contributed by atoms with Crippen molar-refractivity contribution in [1.82, 2.24) is 25.3 Å². The van der Waals surface area contributed by atoms with Gasteiger partial charge in [0.05, 0.1) is 5.56 Å². The minimum Gasteiger partial charge on any atom is -0.348 e. The first-order valence-corrected chi connectivity index (χ1v) is 15.7. The number of aromatic nitrogens is 2. The van der Waals surface area contributed by atoms with Gasteiger partial charge in [0.1, 0.15) is 23.9 Å². The zero-order chi connectivity index (χ0) is 34.1. The summed E-state index contributed by atoms with van der Waals surface area (Å²) < 4.78 is 28.8.